The maximum absolute atomic E-state index is 13.2. The van der Waals surface area contributed by atoms with E-state index in [2.05, 4.69) is 16.0 Å². The van der Waals surface area contributed by atoms with Crippen LogP contribution >= 0.6 is 23.8 Å². The van der Waals surface area contributed by atoms with Gasteiger partial charge in [-0.1, -0.05) is 23.7 Å². The quantitative estimate of drug-likeness (QED) is 0.660. The normalized spacial score (nSPS) is 24.9. The first-order valence-electron chi connectivity index (χ1n) is 9.01. The second kappa shape index (κ2) is 7.14. The SMILES string of the molecule is CCOc1cccc2c1OC1(C)NC(=S)NC2C1C(=O)Nc1ccc(Cl)cc1. The zero-order valence-electron chi connectivity index (χ0n) is 15.4. The molecule has 2 aliphatic rings. The van der Waals surface area contributed by atoms with Gasteiger partial charge in [-0.2, -0.15) is 0 Å². The lowest BCUT2D eigenvalue weighted by atomic mass is 9.79. The number of hydrogen-bond donors (Lipinski definition) is 3. The molecule has 28 heavy (non-hydrogen) atoms. The number of carbonyl (C=O) groups excluding carboxylic acids is 1. The fraction of sp³-hybridized carbons (Fsp3) is 0.300. The Morgan fingerprint density at radius 3 is 2.79 bits per heavy atom. The van der Waals surface area contributed by atoms with Crippen molar-refractivity contribution < 1.29 is 14.3 Å². The predicted molar refractivity (Wildman–Crippen MR) is 112 cm³/mol. The Morgan fingerprint density at radius 1 is 1.32 bits per heavy atom. The van der Waals surface area contributed by atoms with Gasteiger partial charge in [0.25, 0.3) is 0 Å². The predicted octanol–water partition coefficient (Wildman–Crippen LogP) is 3.62. The fourth-order valence-electron chi connectivity index (χ4n) is 3.75. The molecule has 4 rings (SSSR count). The van der Waals surface area contributed by atoms with Crippen LogP contribution in [-0.4, -0.2) is 23.4 Å². The Hall–Kier alpha value is -2.51. The molecule has 1 fully saturated rings. The number of ether oxygens (including phenoxy) is 2. The van der Waals surface area contributed by atoms with Gasteiger partial charge in [0.2, 0.25) is 5.91 Å². The van der Waals surface area contributed by atoms with Crippen molar-refractivity contribution in [2.45, 2.75) is 25.6 Å². The number of fused-ring (bicyclic) bond motifs is 4. The molecule has 3 unspecified atom stereocenters. The Kier molecular flexibility index (Phi) is 4.81. The molecule has 2 aromatic carbocycles. The van der Waals surface area contributed by atoms with Crippen molar-refractivity contribution in [3.05, 3.63) is 53.1 Å². The third-order valence-corrected chi connectivity index (χ3v) is 5.40. The molecule has 0 aliphatic carbocycles. The minimum atomic E-state index is -1.02. The fourth-order valence-corrected chi connectivity index (χ4v) is 4.21. The van der Waals surface area contributed by atoms with Crippen LogP contribution in [-0.2, 0) is 4.79 Å². The van der Waals surface area contributed by atoms with E-state index >= 15 is 0 Å². The molecular formula is C20H20ClN3O3S. The average molecular weight is 418 g/mol. The maximum Gasteiger partial charge on any atom is 0.236 e. The van der Waals surface area contributed by atoms with Crippen LogP contribution in [0.25, 0.3) is 0 Å². The number of thiocarbonyl (C=S) groups is 1. The van der Waals surface area contributed by atoms with E-state index in [-0.39, 0.29) is 11.9 Å². The number of benzene rings is 2. The first kappa shape index (κ1) is 18.8. The van der Waals surface area contributed by atoms with E-state index in [1.807, 2.05) is 32.0 Å². The van der Waals surface area contributed by atoms with Gasteiger partial charge in [-0.15, -0.1) is 0 Å². The molecule has 0 saturated carbocycles. The van der Waals surface area contributed by atoms with Gasteiger partial charge in [0.05, 0.1) is 12.6 Å². The molecule has 3 atom stereocenters. The molecule has 1 saturated heterocycles. The average Bonchev–Trinajstić information content (AvgIpc) is 2.63. The minimum absolute atomic E-state index is 0.190. The van der Waals surface area contributed by atoms with Crippen molar-refractivity contribution in [2.75, 3.05) is 11.9 Å². The van der Waals surface area contributed by atoms with Crippen LogP contribution in [0, 0.1) is 5.92 Å². The first-order chi connectivity index (χ1) is 13.4. The summed E-state index contributed by atoms with van der Waals surface area (Å²) >= 11 is 11.3. The molecule has 2 aromatic rings. The summed E-state index contributed by atoms with van der Waals surface area (Å²) in [6.45, 7) is 4.25. The molecule has 3 N–H and O–H groups in total. The molecule has 1 amide bonds. The zero-order chi connectivity index (χ0) is 19.9. The van der Waals surface area contributed by atoms with Gasteiger partial charge in [-0.25, -0.2) is 0 Å². The highest BCUT2D eigenvalue weighted by atomic mass is 35.5. The molecular weight excluding hydrogens is 398 g/mol. The van der Waals surface area contributed by atoms with Crippen molar-refractivity contribution >= 4 is 40.5 Å². The number of halogens is 1. The number of hydrogen-bond acceptors (Lipinski definition) is 4. The van der Waals surface area contributed by atoms with Gasteiger partial charge in [0.15, 0.2) is 22.3 Å². The Balaban J connectivity index is 1.72. The topological polar surface area (TPSA) is 71.6 Å². The summed E-state index contributed by atoms with van der Waals surface area (Å²) in [5.41, 5.74) is 0.472. The summed E-state index contributed by atoms with van der Waals surface area (Å²) in [6.07, 6.45) is 0. The van der Waals surface area contributed by atoms with Crippen LogP contribution in [0.15, 0.2) is 42.5 Å². The third kappa shape index (κ3) is 3.25. The van der Waals surface area contributed by atoms with Crippen molar-refractivity contribution in [2.24, 2.45) is 5.92 Å². The van der Waals surface area contributed by atoms with Gasteiger partial charge < -0.3 is 25.4 Å². The molecule has 2 heterocycles. The smallest absolute Gasteiger partial charge is 0.236 e. The van der Waals surface area contributed by atoms with E-state index < -0.39 is 11.6 Å². The molecule has 6 nitrogen and oxygen atoms in total. The van der Waals surface area contributed by atoms with E-state index in [0.717, 1.165) is 5.56 Å². The number of anilines is 1. The summed E-state index contributed by atoms with van der Waals surface area (Å²) in [4.78, 5) is 13.2. The Labute approximate surface area is 173 Å². The lowest BCUT2D eigenvalue weighted by Gasteiger charge is -2.50. The Morgan fingerprint density at radius 2 is 2.07 bits per heavy atom. The summed E-state index contributed by atoms with van der Waals surface area (Å²) in [7, 11) is 0. The highest BCUT2D eigenvalue weighted by molar-refractivity contribution is 7.80. The lowest BCUT2D eigenvalue weighted by Crippen LogP contribution is -2.70. The van der Waals surface area contributed by atoms with Gasteiger partial charge in [0.1, 0.15) is 5.92 Å². The van der Waals surface area contributed by atoms with Gasteiger partial charge in [0, 0.05) is 16.3 Å². The second-order valence-corrected chi connectivity index (χ2v) is 7.71. The highest BCUT2D eigenvalue weighted by Gasteiger charge is 2.55. The second-order valence-electron chi connectivity index (χ2n) is 6.87. The summed E-state index contributed by atoms with van der Waals surface area (Å²) in [5.74, 6) is 0.503. The van der Waals surface area contributed by atoms with Gasteiger partial charge >= 0.3 is 0 Å². The van der Waals surface area contributed by atoms with Gasteiger partial charge in [-0.3, -0.25) is 4.79 Å². The monoisotopic (exact) mass is 417 g/mol. The van der Waals surface area contributed by atoms with Crippen molar-refractivity contribution in [3.63, 3.8) is 0 Å². The van der Waals surface area contributed by atoms with Crippen molar-refractivity contribution in [1.29, 1.82) is 0 Å². The standard InChI is InChI=1S/C20H20ClN3O3S/c1-3-26-14-6-4-5-13-16-15(18(25)22-12-9-7-11(21)8-10-12)20(2,27-17(13)14)24-19(28)23-16/h4-10,15-16H,3H2,1-2H3,(H,22,25)(H2,23,24,28). The minimum Gasteiger partial charge on any atom is -0.490 e. The molecule has 2 bridgehead atoms. The number of carbonyl (C=O) groups is 1. The van der Waals surface area contributed by atoms with E-state index in [1.165, 1.54) is 0 Å². The summed E-state index contributed by atoms with van der Waals surface area (Å²) in [6, 6.07) is 12.3. The van der Waals surface area contributed by atoms with Crippen LogP contribution in [0.2, 0.25) is 5.02 Å². The first-order valence-corrected chi connectivity index (χ1v) is 9.80. The molecule has 0 aromatic heterocycles. The zero-order valence-corrected chi connectivity index (χ0v) is 17.0. The largest absolute Gasteiger partial charge is 0.490 e. The van der Waals surface area contributed by atoms with Crippen LogP contribution < -0.4 is 25.4 Å². The number of nitrogens with one attached hydrogen (secondary N) is 3. The van der Waals surface area contributed by atoms with E-state index in [9.17, 15) is 4.79 Å². The number of rotatable bonds is 4. The van der Waals surface area contributed by atoms with Crippen LogP contribution in [0.5, 0.6) is 11.5 Å². The van der Waals surface area contributed by atoms with Crippen LogP contribution in [0.1, 0.15) is 25.5 Å². The number of para-hydroxylation sites is 1. The molecule has 8 heteroatoms. The molecule has 2 aliphatic heterocycles. The molecule has 146 valence electrons. The van der Waals surface area contributed by atoms with Crippen molar-refractivity contribution in [1.82, 2.24) is 10.6 Å². The third-order valence-electron chi connectivity index (χ3n) is 4.93. The highest BCUT2D eigenvalue weighted by Crippen LogP contribution is 2.48. The molecule has 0 spiro atoms. The van der Waals surface area contributed by atoms with E-state index in [4.69, 9.17) is 33.3 Å². The maximum atomic E-state index is 13.2. The Bertz CT molecular complexity index is 937. The van der Waals surface area contributed by atoms with Crippen LogP contribution in [0.4, 0.5) is 5.69 Å². The van der Waals surface area contributed by atoms with E-state index in [1.54, 1.807) is 24.3 Å². The van der Waals surface area contributed by atoms with Gasteiger partial charge in [-0.05, 0) is 56.4 Å². The van der Waals surface area contributed by atoms with Crippen LogP contribution in [0.3, 0.4) is 0 Å². The summed E-state index contributed by atoms with van der Waals surface area (Å²) < 4.78 is 12.0. The van der Waals surface area contributed by atoms with Crippen molar-refractivity contribution in [3.8, 4) is 11.5 Å². The summed E-state index contributed by atoms with van der Waals surface area (Å²) in [5, 5.41) is 10.3. The number of amides is 1. The lowest BCUT2D eigenvalue weighted by molar-refractivity contribution is -0.132. The molecule has 0 radical (unpaired) electrons. The van der Waals surface area contributed by atoms with E-state index in [0.29, 0.717) is 33.9 Å².